The minimum absolute atomic E-state index is 0.0736. The Labute approximate surface area is 204 Å². The van der Waals surface area contributed by atoms with Crippen LogP contribution in [0.25, 0.3) is 17.0 Å². The predicted molar refractivity (Wildman–Crippen MR) is 137 cm³/mol. The van der Waals surface area contributed by atoms with E-state index in [2.05, 4.69) is 10.6 Å². The fourth-order valence-electron chi connectivity index (χ4n) is 4.59. The van der Waals surface area contributed by atoms with Crippen LogP contribution in [0.2, 0.25) is 5.02 Å². The molecule has 0 unspecified atom stereocenters. The molecule has 3 aromatic rings. The Kier molecular flexibility index (Phi) is 6.28. The van der Waals surface area contributed by atoms with Crippen LogP contribution in [0.1, 0.15) is 31.2 Å². The summed E-state index contributed by atoms with van der Waals surface area (Å²) in [6.07, 6.45) is 5.54. The lowest BCUT2D eigenvalue weighted by Gasteiger charge is -2.30. The molecule has 176 valence electrons. The molecule has 5 rings (SSSR count). The van der Waals surface area contributed by atoms with Crippen molar-refractivity contribution in [2.24, 2.45) is 0 Å². The third-order valence-corrected chi connectivity index (χ3v) is 6.61. The second kappa shape index (κ2) is 9.50. The number of nitrogens with zero attached hydrogens (tertiary/aromatic N) is 3. The highest BCUT2D eigenvalue weighted by Gasteiger charge is 2.25. The number of carbonyl (C=O) groups excluding carboxylic acids is 1. The van der Waals surface area contributed by atoms with Gasteiger partial charge in [-0.2, -0.15) is 4.98 Å². The summed E-state index contributed by atoms with van der Waals surface area (Å²) in [6, 6.07) is 13.9. The average Bonchev–Trinajstić information content (AvgIpc) is 2.84. The molecule has 0 spiro atoms. The Hall–Kier alpha value is -3.32. The zero-order valence-corrected chi connectivity index (χ0v) is 20.1. The summed E-state index contributed by atoms with van der Waals surface area (Å²) in [7, 11) is 3.98. The van der Waals surface area contributed by atoms with Crippen LogP contribution in [0.4, 0.5) is 11.8 Å². The first kappa shape index (κ1) is 22.5. The number of hydrogen-bond donors (Lipinski definition) is 2. The fourth-order valence-corrected chi connectivity index (χ4v) is 4.77. The van der Waals surface area contributed by atoms with Crippen molar-refractivity contribution in [1.29, 1.82) is 0 Å². The molecule has 2 aliphatic rings. The van der Waals surface area contributed by atoms with Gasteiger partial charge in [0.15, 0.2) is 0 Å². The number of hydrogen-bond acceptors (Lipinski definition) is 6. The van der Waals surface area contributed by atoms with Gasteiger partial charge >= 0.3 is 0 Å². The largest absolute Gasteiger partial charge is 0.488 e. The number of ether oxygens (including phenoxy) is 1. The molecule has 2 aromatic carbocycles. The maximum absolute atomic E-state index is 12.8. The molecular weight excluding hydrogens is 450 g/mol. The summed E-state index contributed by atoms with van der Waals surface area (Å²) in [5.74, 6) is 2.23. The van der Waals surface area contributed by atoms with E-state index in [1.54, 1.807) is 6.07 Å². The fraction of sp³-hybridized carbons (Fsp3) is 0.346. The number of fused-ring (bicyclic) bond motifs is 2. The van der Waals surface area contributed by atoms with E-state index in [1.165, 1.54) is 0 Å². The van der Waals surface area contributed by atoms with Gasteiger partial charge in [0, 0.05) is 42.2 Å². The Bertz CT molecular complexity index is 1250. The molecule has 0 bridgehead atoms. The van der Waals surface area contributed by atoms with Crippen LogP contribution < -0.4 is 20.3 Å². The minimum atomic E-state index is -0.0736. The van der Waals surface area contributed by atoms with Gasteiger partial charge in [0.25, 0.3) is 5.91 Å². The lowest BCUT2D eigenvalue weighted by Crippen LogP contribution is -2.41. The maximum atomic E-state index is 12.8. The highest BCUT2D eigenvalue weighted by Crippen LogP contribution is 2.30. The monoisotopic (exact) mass is 477 g/mol. The molecule has 1 fully saturated rings. The summed E-state index contributed by atoms with van der Waals surface area (Å²) in [6.45, 7) is 0.269. The molecular formula is C26H28ClN5O2. The summed E-state index contributed by atoms with van der Waals surface area (Å²) < 4.78 is 5.73. The van der Waals surface area contributed by atoms with Crippen LogP contribution in [0.5, 0.6) is 5.75 Å². The number of aromatic nitrogens is 2. The number of nitrogens with one attached hydrogen (secondary N) is 2. The molecule has 0 atom stereocenters. The van der Waals surface area contributed by atoms with Crippen molar-refractivity contribution in [3.05, 3.63) is 58.6 Å². The first-order valence-corrected chi connectivity index (χ1v) is 12.0. The molecule has 8 heteroatoms. The van der Waals surface area contributed by atoms with E-state index in [0.717, 1.165) is 53.7 Å². The lowest BCUT2D eigenvalue weighted by atomic mass is 9.91. The molecule has 1 aliphatic heterocycles. The van der Waals surface area contributed by atoms with Gasteiger partial charge in [0.2, 0.25) is 5.95 Å². The molecule has 34 heavy (non-hydrogen) atoms. The number of carbonyl (C=O) groups is 1. The normalized spacial score (nSPS) is 19.6. The number of anilines is 2. The highest BCUT2D eigenvalue weighted by atomic mass is 35.5. The van der Waals surface area contributed by atoms with Crippen molar-refractivity contribution in [2.75, 3.05) is 30.9 Å². The zero-order valence-electron chi connectivity index (χ0n) is 19.3. The van der Waals surface area contributed by atoms with Gasteiger partial charge in [-0.15, -0.1) is 0 Å². The van der Waals surface area contributed by atoms with Gasteiger partial charge < -0.3 is 20.3 Å². The van der Waals surface area contributed by atoms with Crippen molar-refractivity contribution in [3.63, 3.8) is 0 Å². The Balaban J connectivity index is 1.19. The quantitative estimate of drug-likeness (QED) is 0.556. The van der Waals surface area contributed by atoms with Crippen LogP contribution >= 0.6 is 11.6 Å². The smallest absolute Gasteiger partial charge is 0.250 e. The van der Waals surface area contributed by atoms with E-state index < -0.39 is 0 Å². The van der Waals surface area contributed by atoms with Crippen LogP contribution in [0, 0.1) is 0 Å². The Morgan fingerprint density at radius 3 is 2.62 bits per heavy atom. The average molecular weight is 478 g/mol. The number of para-hydroxylation sites is 1. The van der Waals surface area contributed by atoms with E-state index in [0.29, 0.717) is 16.5 Å². The van der Waals surface area contributed by atoms with Crippen LogP contribution in [0.15, 0.2) is 48.0 Å². The second-order valence-electron chi connectivity index (χ2n) is 9.09. The SMILES string of the molecule is CN(C)c1nc(NC2CCC(NC(=O)C3=Cc4cc(Cl)ccc4OC3)CC2)nc2ccccc12. The molecule has 2 N–H and O–H groups in total. The van der Waals surface area contributed by atoms with E-state index in [9.17, 15) is 4.79 Å². The van der Waals surface area contributed by atoms with Gasteiger partial charge in [-0.1, -0.05) is 23.7 Å². The molecule has 7 nitrogen and oxygen atoms in total. The van der Waals surface area contributed by atoms with Gasteiger partial charge in [-0.3, -0.25) is 4.79 Å². The third-order valence-electron chi connectivity index (χ3n) is 6.38. The Morgan fingerprint density at radius 1 is 1.06 bits per heavy atom. The Morgan fingerprint density at radius 2 is 1.82 bits per heavy atom. The number of halogens is 1. The molecule has 1 aliphatic carbocycles. The van der Waals surface area contributed by atoms with E-state index in [4.69, 9.17) is 26.3 Å². The predicted octanol–water partition coefficient (Wildman–Crippen LogP) is 4.66. The second-order valence-corrected chi connectivity index (χ2v) is 9.53. The minimum Gasteiger partial charge on any atom is -0.488 e. The number of rotatable bonds is 5. The maximum Gasteiger partial charge on any atom is 0.250 e. The van der Waals surface area contributed by atoms with Crippen LogP contribution in [-0.4, -0.2) is 48.7 Å². The molecule has 1 saturated carbocycles. The molecule has 1 amide bonds. The first-order chi connectivity index (χ1) is 16.5. The molecule has 1 aromatic heterocycles. The van der Waals surface area contributed by atoms with Gasteiger partial charge in [-0.05, 0) is 62.1 Å². The van der Waals surface area contributed by atoms with E-state index in [1.807, 2.05) is 61.5 Å². The summed E-state index contributed by atoms with van der Waals surface area (Å²) in [5, 5.41) is 8.36. The van der Waals surface area contributed by atoms with Crippen LogP contribution in [0.3, 0.4) is 0 Å². The zero-order chi connectivity index (χ0) is 23.7. The van der Waals surface area contributed by atoms with E-state index >= 15 is 0 Å². The topological polar surface area (TPSA) is 79.4 Å². The van der Waals surface area contributed by atoms with Crippen molar-refractivity contribution in [1.82, 2.24) is 15.3 Å². The third kappa shape index (κ3) is 4.80. The van der Waals surface area contributed by atoms with Gasteiger partial charge in [0.05, 0.1) is 11.1 Å². The van der Waals surface area contributed by atoms with E-state index in [-0.39, 0.29) is 24.6 Å². The first-order valence-electron chi connectivity index (χ1n) is 11.6. The lowest BCUT2D eigenvalue weighted by molar-refractivity contribution is -0.118. The van der Waals surface area contributed by atoms with Crippen molar-refractivity contribution in [2.45, 2.75) is 37.8 Å². The van der Waals surface area contributed by atoms with Gasteiger partial charge in [-0.25, -0.2) is 4.98 Å². The van der Waals surface area contributed by atoms with Crippen molar-refractivity contribution in [3.8, 4) is 5.75 Å². The summed E-state index contributed by atoms with van der Waals surface area (Å²) in [4.78, 5) is 24.3. The number of amides is 1. The van der Waals surface area contributed by atoms with Crippen molar-refractivity contribution >= 4 is 46.3 Å². The standard InChI is InChI=1S/C26H28ClN5O2/c1-32(2)24-21-5-3-4-6-22(21)30-26(31-24)29-20-10-8-19(9-11-20)28-25(33)17-13-16-14-18(27)7-12-23(16)34-15-17/h3-7,12-14,19-20H,8-11,15H2,1-2H3,(H,28,33)(H,29,30,31). The number of benzene rings is 2. The van der Waals surface area contributed by atoms with Crippen LogP contribution in [-0.2, 0) is 4.79 Å². The molecule has 2 heterocycles. The van der Waals surface area contributed by atoms with Gasteiger partial charge in [0.1, 0.15) is 18.2 Å². The summed E-state index contributed by atoms with van der Waals surface area (Å²) >= 11 is 6.08. The molecule has 0 saturated heterocycles. The van der Waals surface area contributed by atoms with Crippen molar-refractivity contribution < 1.29 is 9.53 Å². The highest BCUT2D eigenvalue weighted by molar-refractivity contribution is 6.30. The summed E-state index contributed by atoms with van der Waals surface area (Å²) in [5.41, 5.74) is 2.38. The molecule has 0 radical (unpaired) electrons.